The molecule has 1 saturated heterocycles. The number of hydrazine groups is 1. The number of fused-ring (bicyclic) bond motifs is 2. The van der Waals surface area contributed by atoms with Gasteiger partial charge >= 0.3 is 0 Å². The van der Waals surface area contributed by atoms with E-state index in [4.69, 9.17) is 5.73 Å². The van der Waals surface area contributed by atoms with Gasteiger partial charge in [-0.25, -0.2) is 9.50 Å². The molecular weight excluding hydrogens is 402 g/mol. The topological polar surface area (TPSA) is 109 Å². The van der Waals surface area contributed by atoms with Crippen LogP contribution in [-0.4, -0.2) is 38.6 Å². The number of nitrogen functional groups attached to an aromatic ring is 1. The number of rotatable bonds is 4. The van der Waals surface area contributed by atoms with Gasteiger partial charge in [-0.15, -0.1) is 5.10 Å². The molecule has 2 aromatic heterocycles. The summed E-state index contributed by atoms with van der Waals surface area (Å²) in [6.07, 6.45) is 4.43. The Labute approximate surface area is 188 Å². The Morgan fingerprint density at radius 3 is 2.78 bits per heavy atom. The zero-order valence-corrected chi connectivity index (χ0v) is 18.7. The van der Waals surface area contributed by atoms with E-state index in [9.17, 15) is 4.79 Å². The van der Waals surface area contributed by atoms with Crippen molar-refractivity contribution < 1.29 is 4.79 Å². The van der Waals surface area contributed by atoms with Crippen LogP contribution in [0.5, 0.6) is 0 Å². The van der Waals surface area contributed by atoms with Gasteiger partial charge in [-0.3, -0.25) is 15.6 Å². The molecule has 1 aromatic carbocycles. The largest absolute Gasteiger partial charge is 0.381 e. The van der Waals surface area contributed by atoms with Crippen LogP contribution < -0.4 is 21.9 Å². The average molecular weight is 434 g/mol. The maximum Gasteiger partial charge on any atom is 0.259 e. The molecule has 1 saturated carbocycles. The van der Waals surface area contributed by atoms with Crippen molar-refractivity contribution in [2.45, 2.75) is 51.2 Å². The van der Waals surface area contributed by atoms with Crippen molar-refractivity contribution in [2.75, 3.05) is 5.73 Å². The predicted molar refractivity (Wildman–Crippen MR) is 124 cm³/mol. The summed E-state index contributed by atoms with van der Waals surface area (Å²) in [5.41, 5.74) is 15.3. The van der Waals surface area contributed by atoms with Crippen LogP contribution in [0.25, 0.3) is 5.65 Å². The quantitative estimate of drug-likeness (QED) is 0.503. The molecule has 2 fully saturated rings. The third-order valence-electron chi connectivity index (χ3n) is 7.45. The predicted octanol–water partition coefficient (Wildman–Crippen LogP) is 2.35. The minimum Gasteiger partial charge on any atom is -0.381 e. The van der Waals surface area contributed by atoms with Gasteiger partial charge in [0.1, 0.15) is 5.56 Å². The van der Waals surface area contributed by atoms with Crippen LogP contribution in [0.4, 0.5) is 5.82 Å². The number of amides is 1. The minimum absolute atomic E-state index is 0.0492. The molecule has 0 spiro atoms. The summed E-state index contributed by atoms with van der Waals surface area (Å²) in [4.78, 5) is 17.6. The molecule has 5 rings (SSSR count). The summed E-state index contributed by atoms with van der Waals surface area (Å²) < 4.78 is 1.55. The number of carbonyl (C=O) groups excluding carboxylic acids is 1. The van der Waals surface area contributed by atoms with Crippen molar-refractivity contribution in [2.24, 2.45) is 17.8 Å². The van der Waals surface area contributed by atoms with E-state index in [0.717, 1.165) is 6.42 Å². The van der Waals surface area contributed by atoms with Crippen LogP contribution in [0.3, 0.4) is 0 Å². The molecule has 168 valence electrons. The smallest absolute Gasteiger partial charge is 0.259 e. The van der Waals surface area contributed by atoms with Gasteiger partial charge in [0.05, 0.1) is 0 Å². The molecule has 32 heavy (non-hydrogen) atoms. The van der Waals surface area contributed by atoms with Gasteiger partial charge in [0, 0.05) is 36.4 Å². The monoisotopic (exact) mass is 433 g/mol. The highest BCUT2D eigenvalue weighted by molar-refractivity contribution is 6.04. The summed E-state index contributed by atoms with van der Waals surface area (Å²) in [5.74, 6) is 1.60. The van der Waals surface area contributed by atoms with Gasteiger partial charge in [0.2, 0.25) is 0 Å². The summed E-state index contributed by atoms with van der Waals surface area (Å²) in [7, 11) is 0. The zero-order valence-electron chi connectivity index (χ0n) is 18.7. The molecule has 5 N–H and O–H groups in total. The second kappa shape index (κ2) is 8.18. The van der Waals surface area contributed by atoms with E-state index in [2.05, 4.69) is 77.4 Å². The minimum atomic E-state index is -0.226. The van der Waals surface area contributed by atoms with Crippen LogP contribution >= 0.6 is 0 Å². The molecule has 8 nitrogen and oxygen atoms in total. The van der Waals surface area contributed by atoms with E-state index in [-0.39, 0.29) is 29.6 Å². The van der Waals surface area contributed by atoms with Crippen molar-refractivity contribution in [1.29, 1.82) is 0 Å². The third kappa shape index (κ3) is 3.43. The molecule has 7 atom stereocenters. The standard InChI is InChI=1S/C24H31N7O/c1-13-12-17(19(16-8-5-4-6-9-16)21-18(13)15(3)28-29-21)14(2)27-24(32)20-22(25)30-31-11-7-10-26-23(20)31/h4-11,13-15,17-19,21,28-29H,12H2,1-3H3,(H2,25,30)(H,27,32). The van der Waals surface area contributed by atoms with Gasteiger partial charge in [-0.05, 0) is 49.7 Å². The molecule has 7 unspecified atom stereocenters. The number of benzene rings is 1. The number of hydrogen-bond acceptors (Lipinski definition) is 6. The molecular formula is C24H31N7O. The molecule has 1 aliphatic heterocycles. The molecule has 3 heterocycles. The number of carbonyl (C=O) groups is 1. The first kappa shape index (κ1) is 20.9. The second-order valence-corrected chi connectivity index (χ2v) is 9.40. The van der Waals surface area contributed by atoms with Crippen molar-refractivity contribution in [1.82, 2.24) is 30.8 Å². The zero-order chi connectivity index (χ0) is 22.4. The third-order valence-corrected chi connectivity index (χ3v) is 7.45. The van der Waals surface area contributed by atoms with Crippen molar-refractivity contribution >= 4 is 17.4 Å². The Hall–Kier alpha value is -2.97. The number of nitrogens with zero attached hydrogens (tertiary/aromatic N) is 3. The van der Waals surface area contributed by atoms with Crippen molar-refractivity contribution in [3.8, 4) is 0 Å². The number of nitrogens with two attached hydrogens (primary N) is 1. The van der Waals surface area contributed by atoms with E-state index in [1.165, 1.54) is 5.56 Å². The molecule has 2 aliphatic rings. The molecule has 0 bridgehead atoms. The SMILES string of the molecule is CC1CC(C(C)NC(=O)c2c(N)nn3cccnc23)C(c2ccccc2)C2NNC(C)C12. The van der Waals surface area contributed by atoms with E-state index >= 15 is 0 Å². The summed E-state index contributed by atoms with van der Waals surface area (Å²) in [6.45, 7) is 6.69. The van der Waals surface area contributed by atoms with E-state index in [1.54, 1.807) is 23.0 Å². The lowest BCUT2D eigenvalue weighted by Crippen LogP contribution is -2.52. The van der Waals surface area contributed by atoms with Crippen molar-refractivity contribution in [3.05, 3.63) is 59.9 Å². The Morgan fingerprint density at radius 1 is 1.22 bits per heavy atom. The Bertz CT molecular complexity index is 1110. The molecule has 0 radical (unpaired) electrons. The van der Waals surface area contributed by atoms with Gasteiger partial charge in [-0.1, -0.05) is 37.3 Å². The fourth-order valence-electron chi connectivity index (χ4n) is 6.06. The van der Waals surface area contributed by atoms with Gasteiger partial charge in [-0.2, -0.15) is 0 Å². The van der Waals surface area contributed by atoms with Gasteiger partial charge in [0.25, 0.3) is 5.91 Å². The first-order valence-corrected chi connectivity index (χ1v) is 11.4. The fourth-order valence-corrected chi connectivity index (χ4v) is 6.06. The van der Waals surface area contributed by atoms with Crippen LogP contribution in [0.15, 0.2) is 48.8 Å². The summed E-state index contributed by atoms with van der Waals surface area (Å²) in [5, 5.41) is 7.47. The van der Waals surface area contributed by atoms with Crippen molar-refractivity contribution in [3.63, 3.8) is 0 Å². The van der Waals surface area contributed by atoms with Crippen LogP contribution in [0.1, 0.15) is 49.0 Å². The highest BCUT2D eigenvalue weighted by Crippen LogP contribution is 2.47. The normalized spacial score (nSPS) is 30.7. The lowest BCUT2D eigenvalue weighted by Gasteiger charge is -2.46. The maximum atomic E-state index is 13.3. The number of nitrogens with one attached hydrogen (secondary N) is 3. The highest BCUT2D eigenvalue weighted by atomic mass is 16.1. The summed E-state index contributed by atoms with van der Waals surface area (Å²) >= 11 is 0. The van der Waals surface area contributed by atoms with Gasteiger partial charge in [0.15, 0.2) is 11.5 Å². The summed E-state index contributed by atoms with van der Waals surface area (Å²) in [6, 6.07) is 13.1. The lowest BCUT2D eigenvalue weighted by atomic mass is 9.61. The van der Waals surface area contributed by atoms with E-state index in [1.807, 2.05) is 0 Å². The van der Waals surface area contributed by atoms with E-state index in [0.29, 0.717) is 35.1 Å². The molecule has 8 heteroatoms. The van der Waals surface area contributed by atoms with Crippen LogP contribution in [-0.2, 0) is 0 Å². The molecule has 3 aromatic rings. The Kier molecular flexibility index (Phi) is 5.35. The number of anilines is 1. The lowest BCUT2D eigenvalue weighted by molar-refractivity contribution is 0.0847. The number of aromatic nitrogens is 3. The maximum absolute atomic E-state index is 13.3. The van der Waals surface area contributed by atoms with Crippen LogP contribution in [0, 0.1) is 17.8 Å². The van der Waals surface area contributed by atoms with E-state index < -0.39 is 0 Å². The number of hydrogen-bond donors (Lipinski definition) is 4. The Morgan fingerprint density at radius 2 is 2.00 bits per heavy atom. The van der Waals surface area contributed by atoms with Gasteiger partial charge < -0.3 is 11.1 Å². The fraction of sp³-hybridized carbons (Fsp3) is 0.458. The molecule has 1 aliphatic carbocycles. The molecule has 1 amide bonds. The highest BCUT2D eigenvalue weighted by Gasteiger charge is 2.50. The first-order chi connectivity index (χ1) is 15.5. The average Bonchev–Trinajstić information content (AvgIpc) is 3.33. The second-order valence-electron chi connectivity index (χ2n) is 9.40. The van der Waals surface area contributed by atoms with Crippen LogP contribution in [0.2, 0.25) is 0 Å². The first-order valence-electron chi connectivity index (χ1n) is 11.4. The Balaban J connectivity index is 1.45.